The fourth-order valence-electron chi connectivity index (χ4n) is 0. The van der Waals surface area contributed by atoms with Crippen molar-refractivity contribution in [1.82, 2.24) is 0 Å². The van der Waals surface area contributed by atoms with E-state index in [9.17, 15) is 0 Å². The van der Waals surface area contributed by atoms with Gasteiger partial charge in [-0.05, 0) is 0 Å². The van der Waals surface area contributed by atoms with Crippen molar-refractivity contribution in [3.8, 4) is 0 Å². The van der Waals surface area contributed by atoms with Crippen molar-refractivity contribution in [2.75, 3.05) is 0 Å². The van der Waals surface area contributed by atoms with Crippen LogP contribution in [-0.4, -0.2) is 77.3 Å². The summed E-state index contributed by atoms with van der Waals surface area (Å²) in [5, 5.41) is 0. The van der Waals surface area contributed by atoms with Gasteiger partial charge in [0.15, 0.2) is 0 Å². The molecule has 0 aliphatic rings. The minimum absolute atomic E-state index is 0. The Morgan fingerprint density at radius 3 is 0.833 bits per heavy atom. The summed E-state index contributed by atoms with van der Waals surface area (Å²) in [6.45, 7) is 0. The Bertz CT molecular complexity index is 10.8. The van der Waals surface area contributed by atoms with Gasteiger partial charge in [0.2, 0.25) is 0 Å². The molecule has 0 aliphatic carbocycles. The molecule has 38 valence electrons. The molecule has 0 rings (SSSR count). The van der Waals surface area contributed by atoms with Crippen LogP contribution in [0.3, 0.4) is 0 Å². The first kappa shape index (κ1) is 15.9. The van der Waals surface area contributed by atoms with Crippen LogP contribution >= 0.6 is 0 Å². The Hall–Kier alpha value is 2.77. The second kappa shape index (κ2) is 10.7. The molecule has 0 bridgehead atoms. The SMILES string of the molecule is [CH3][PbH]([CH3])[CH3].[PbH2].[PbH2]. The summed E-state index contributed by atoms with van der Waals surface area (Å²) in [6, 6.07) is 0. The zero-order valence-electron chi connectivity index (χ0n) is 4.99. The molecule has 0 aromatic heterocycles. The van der Waals surface area contributed by atoms with E-state index in [1.807, 2.05) is 0 Å². The number of hydrogen-bond donors (Lipinski definition) is 0. The van der Waals surface area contributed by atoms with Gasteiger partial charge in [0, 0.05) is 0 Å². The average molecular weight is 672 g/mol. The van der Waals surface area contributed by atoms with E-state index in [-0.39, 0.29) is 54.6 Å². The van der Waals surface area contributed by atoms with Gasteiger partial charge in [-0.2, -0.15) is 0 Å². The van der Waals surface area contributed by atoms with E-state index < -0.39 is 22.7 Å². The van der Waals surface area contributed by atoms with E-state index >= 15 is 0 Å². The first-order valence-electron chi connectivity index (χ1n) is 1.73. The zero-order chi connectivity index (χ0) is 3.58. The Balaban J connectivity index is -0.0000000450. The topological polar surface area (TPSA) is 0 Å². The van der Waals surface area contributed by atoms with Gasteiger partial charge in [-0.25, -0.2) is 0 Å². The van der Waals surface area contributed by atoms with Crippen LogP contribution in [0.5, 0.6) is 0 Å². The molecule has 4 radical (unpaired) electrons. The van der Waals surface area contributed by atoms with Gasteiger partial charge in [-0.1, -0.05) is 0 Å². The van der Waals surface area contributed by atoms with Crippen LogP contribution in [0.1, 0.15) is 0 Å². The molecule has 0 saturated carbocycles. The molecule has 0 saturated heterocycles. The fourth-order valence-corrected chi connectivity index (χ4v) is 0. The predicted molar refractivity (Wildman–Crippen MR) is 41.8 cm³/mol. The van der Waals surface area contributed by atoms with Crippen molar-refractivity contribution in [2.45, 2.75) is 13.4 Å². The van der Waals surface area contributed by atoms with Crippen molar-refractivity contribution in [2.24, 2.45) is 0 Å². The molecule has 0 spiro atoms. The fraction of sp³-hybridized carbons (Fsp3) is 1.00. The van der Waals surface area contributed by atoms with Crippen LogP contribution < -0.4 is 0 Å². The monoisotopic (exact) mass is 674 g/mol. The molecule has 0 aliphatic heterocycles. The maximum absolute atomic E-state index is 2.39. The third kappa shape index (κ3) is 29.4. The summed E-state index contributed by atoms with van der Waals surface area (Å²) in [6.07, 6.45) is 0. The van der Waals surface area contributed by atoms with Gasteiger partial charge >= 0.3 is 90.8 Å². The summed E-state index contributed by atoms with van der Waals surface area (Å²) in [5.41, 5.74) is 0. The predicted octanol–water partition coefficient (Wildman–Crippen LogP) is -0.730. The Labute approximate surface area is 88.9 Å². The number of rotatable bonds is 0. The maximum atomic E-state index is 2.39. The Morgan fingerprint density at radius 2 is 0.833 bits per heavy atom. The molecule has 0 nitrogen and oxygen atoms in total. The summed E-state index contributed by atoms with van der Waals surface area (Å²) in [5.74, 6) is 0. The molecule has 0 N–H and O–H groups in total. The third-order valence-electron chi connectivity index (χ3n) is 0. The van der Waals surface area contributed by atoms with Crippen LogP contribution in [-0.2, 0) is 0 Å². The van der Waals surface area contributed by atoms with Gasteiger partial charge in [0.25, 0.3) is 0 Å². The number of hydrogen-bond acceptors (Lipinski definition) is 0. The van der Waals surface area contributed by atoms with Crippen LogP contribution in [0.25, 0.3) is 0 Å². The van der Waals surface area contributed by atoms with Gasteiger partial charge in [0.1, 0.15) is 0 Å². The van der Waals surface area contributed by atoms with Crippen LogP contribution in [0, 0.1) is 0 Å². The molecule has 6 heavy (non-hydrogen) atoms. The van der Waals surface area contributed by atoms with E-state index in [4.69, 9.17) is 0 Å². The van der Waals surface area contributed by atoms with E-state index in [1.165, 1.54) is 0 Å². The zero-order valence-corrected chi connectivity index (χ0v) is 20.5. The van der Waals surface area contributed by atoms with Crippen LogP contribution in [0.15, 0.2) is 0 Å². The third-order valence-corrected chi connectivity index (χ3v) is 0. The van der Waals surface area contributed by atoms with Crippen molar-refractivity contribution >= 4 is 77.3 Å². The standard InChI is InChI=1S/3CH3.3Pb.5H/h3*1H3;;;;;;;;. The summed E-state index contributed by atoms with van der Waals surface area (Å²) in [7, 11) is 0. The summed E-state index contributed by atoms with van der Waals surface area (Å²) in [4.78, 5) is 0. The van der Waals surface area contributed by atoms with Crippen molar-refractivity contribution < 1.29 is 0 Å². The van der Waals surface area contributed by atoms with E-state index in [2.05, 4.69) is 13.4 Å². The molecule has 0 aromatic rings. The molecule has 0 unspecified atom stereocenters. The van der Waals surface area contributed by atoms with Gasteiger partial charge in [-0.3, -0.25) is 0 Å². The molecular weight excluding hydrogens is 658 g/mol. The molecule has 3 heteroatoms. The van der Waals surface area contributed by atoms with Crippen LogP contribution in [0.2, 0.25) is 13.4 Å². The second-order valence-electron chi connectivity index (χ2n) is 1.73. The Kier molecular flexibility index (Phi) is 28.3. The van der Waals surface area contributed by atoms with E-state index in [0.29, 0.717) is 0 Å². The normalized spacial score (nSPS) is 6.00. The minimum atomic E-state index is -0.722. The van der Waals surface area contributed by atoms with Gasteiger partial charge < -0.3 is 0 Å². The first-order valence-corrected chi connectivity index (χ1v) is 15.2. The average Bonchev–Trinajstić information content (AvgIpc) is 0.811. The summed E-state index contributed by atoms with van der Waals surface area (Å²) >= 11 is -0.722. The quantitative estimate of drug-likeness (QED) is 0.299. The van der Waals surface area contributed by atoms with Gasteiger partial charge in [0.05, 0.1) is 0 Å². The van der Waals surface area contributed by atoms with Crippen molar-refractivity contribution in [1.29, 1.82) is 0 Å². The molecular formula is C3H14Pb3. The van der Waals surface area contributed by atoms with Crippen LogP contribution in [0.4, 0.5) is 0 Å². The molecule has 0 aromatic carbocycles. The molecule has 0 heterocycles. The summed E-state index contributed by atoms with van der Waals surface area (Å²) < 4.78 is 7.17. The van der Waals surface area contributed by atoms with E-state index in [0.717, 1.165) is 0 Å². The first-order chi connectivity index (χ1) is 1.73. The molecule has 0 atom stereocenters. The van der Waals surface area contributed by atoms with Gasteiger partial charge in [-0.15, -0.1) is 0 Å². The van der Waals surface area contributed by atoms with Crippen molar-refractivity contribution in [3.05, 3.63) is 0 Å². The van der Waals surface area contributed by atoms with E-state index in [1.54, 1.807) is 0 Å². The second-order valence-corrected chi connectivity index (χ2v) is 15.2. The molecule has 0 fully saturated rings. The van der Waals surface area contributed by atoms with Crippen molar-refractivity contribution in [3.63, 3.8) is 0 Å². The Morgan fingerprint density at radius 1 is 0.833 bits per heavy atom. The molecule has 0 amide bonds.